The van der Waals surface area contributed by atoms with Crippen molar-refractivity contribution in [2.75, 3.05) is 18.2 Å². The van der Waals surface area contributed by atoms with Gasteiger partial charge in [0.25, 0.3) is 0 Å². The van der Waals surface area contributed by atoms with Gasteiger partial charge in [-0.1, -0.05) is 6.42 Å². The fraction of sp³-hybridized carbons (Fsp3) is 0.533. The maximum absolute atomic E-state index is 12.3. The Morgan fingerprint density at radius 1 is 1.35 bits per heavy atom. The summed E-state index contributed by atoms with van der Waals surface area (Å²) in [5.74, 6) is 0.527. The smallest absolute Gasteiger partial charge is 0.227 e. The molecule has 0 saturated heterocycles. The number of anilines is 1. The Labute approximate surface area is 131 Å². The highest BCUT2D eigenvalue weighted by Crippen LogP contribution is 2.28. The zero-order valence-electron chi connectivity index (χ0n) is 12.0. The molecule has 2 N–H and O–H groups in total. The van der Waals surface area contributed by atoms with Crippen LogP contribution in [0.15, 0.2) is 29.2 Å². The molecule has 1 aliphatic carbocycles. The highest BCUT2D eigenvalue weighted by atomic mass is 35.5. The molecule has 2 atom stereocenters. The molecule has 0 aliphatic heterocycles. The summed E-state index contributed by atoms with van der Waals surface area (Å²) < 4.78 is 0. The molecule has 0 aromatic heterocycles. The molecule has 0 bridgehead atoms. The van der Waals surface area contributed by atoms with Crippen LogP contribution in [-0.2, 0) is 4.79 Å². The fourth-order valence-electron chi connectivity index (χ4n) is 2.63. The maximum Gasteiger partial charge on any atom is 0.227 e. The van der Waals surface area contributed by atoms with Gasteiger partial charge in [0.2, 0.25) is 5.91 Å². The van der Waals surface area contributed by atoms with E-state index in [9.17, 15) is 4.79 Å². The summed E-state index contributed by atoms with van der Waals surface area (Å²) >= 11 is 1.70. The number of rotatable bonds is 4. The number of halogens is 1. The largest absolute Gasteiger partial charge is 0.327 e. The van der Waals surface area contributed by atoms with Crippen molar-refractivity contribution in [1.29, 1.82) is 0 Å². The highest BCUT2D eigenvalue weighted by molar-refractivity contribution is 7.98. The average molecular weight is 315 g/mol. The van der Waals surface area contributed by atoms with Crippen LogP contribution in [0.25, 0.3) is 0 Å². The molecule has 1 aliphatic rings. The van der Waals surface area contributed by atoms with Crippen LogP contribution >= 0.6 is 24.2 Å². The number of hydrogen-bond acceptors (Lipinski definition) is 3. The van der Waals surface area contributed by atoms with Crippen molar-refractivity contribution >= 4 is 35.8 Å². The third kappa shape index (κ3) is 4.14. The second kappa shape index (κ2) is 7.91. The van der Waals surface area contributed by atoms with Gasteiger partial charge < -0.3 is 10.6 Å². The number of amides is 1. The van der Waals surface area contributed by atoms with E-state index in [-0.39, 0.29) is 24.4 Å². The molecule has 5 heteroatoms. The summed E-state index contributed by atoms with van der Waals surface area (Å²) in [5, 5.41) is 0. The standard InChI is InChI=1S/C15H22N2OS.ClH/c1-17(12-6-8-13(19-2)9-7-12)15(18)10-11-4-3-5-14(11)16;/h6-9,11,14H,3-5,10,16H2,1-2H3;1H/t11-,14+;/m0./s1. The zero-order chi connectivity index (χ0) is 13.8. The molecule has 1 aromatic rings. The van der Waals surface area contributed by atoms with E-state index in [1.807, 2.05) is 37.6 Å². The van der Waals surface area contributed by atoms with E-state index in [4.69, 9.17) is 5.73 Å². The Bertz CT molecular complexity index is 438. The van der Waals surface area contributed by atoms with E-state index >= 15 is 0 Å². The van der Waals surface area contributed by atoms with Gasteiger partial charge in [-0.3, -0.25) is 4.79 Å². The van der Waals surface area contributed by atoms with Gasteiger partial charge in [-0.25, -0.2) is 0 Å². The molecule has 1 aromatic carbocycles. The number of nitrogens with two attached hydrogens (primary N) is 1. The van der Waals surface area contributed by atoms with E-state index in [0.717, 1.165) is 24.9 Å². The monoisotopic (exact) mass is 314 g/mol. The first-order chi connectivity index (χ1) is 9.11. The van der Waals surface area contributed by atoms with Crippen molar-refractivity contribution in [3.63, 3.8) is 0 Å². The molecular formula is C15H23ClN2OS. The lowest BCUT2D eigenvalue weighted by molar-refractivity contribution is -0.119. The van der Waals surface area contributed by atoms with Gasteiger partial charge in [-0.15, -0.1) is 24.2 Å². The topological polar surface area (TPSA) is 46.3 Å². The quantitative estimate of drug-likeness (QED) is 0.867. The summed E-state index contributed by atoms with van der Waals surface area (Å²) in [6.45, 7) is 0. The molecule has 0 heterocycles. The number of carbonyl (C=O) groups is 1. The van der Waals surface area contributed by atoms with Crippen LogP contribution in [0.2, 0.25) is 0 Å². The molecule has 0 spiro atoms. The predicted molar refractivity (Wildman–Crippen MR) is 88.8 cm³/mol. The van der Waals surface area contributed by atoms with E-state index in [2.05, 4.69) is 0 Å². The second-order valence-electron chi connectivity index (χ2n) is 5.21. The molecule has 112 valence electrons. The van der Waals surface area contributed by atoms with Gasteiger partial charge >= 0.3 is 0 Å². The minimum atomic E-state index is 0. The molecule has 1 amide bonds. The molecule has 3 nitrogen and oxygen atoms in total. The first kappa shape index (κ1) is 17.3. The van der Waals surface area contributed by atoms with Crippen molar-refractivity contribution in [2.45, 2.75) is 36.6 Å². The lowest BCUT2D eigenvalue weighted by Gasteiger charge is -2.21. The third-order valence-corrected chi connectivity index (χ3v) is 4.73. The molecule has 1 fully saturated rings. The van der Waals surface area contributed by atoms with Crippen LogP contribution in [0.4, 0.5) is 5.69 Å². The maximum atomic E-state index is 12.3. The highest BCUT2D eigenvalue weighted by Gasteiger charge is 2.27. The number of hydrogen-bond donors (Lipinski definition) is 1. The van der Waals surface area contributed by atoms with Crippen LogP contribution in [-0.4, -0.2) is 25.3 Å². The molecule has 2 rings (SSSR count). The SMILES string of the molecule is CSc1ccc(N(C)C(=O)C[C@@H]2CCC[C@H]2N)cc1.Cl. The van der Waals surface area contributed by atoms with Crippen molar-refractivity contribution in [2.24, 2.45) is 11.7 Å². The van der Waals surface area contributed by atoms with Crippen LogP contribution in [0.1, 0.15) is 25.7 Å². The Balaban J connectivity index is 0.00000200. The first-order valence-electron chi connectivity index (χ1n) is 6.78. The summed E-state index contributed by atoms with van der Waals surface area (Å²) in [7, 11) is 1.84. The lowest BCUT2D eigenvalue weighted by atomic mass is 9.99. The van der Waals surface area contributed by atoms with E-state index in [0.29, 0.717) is 12.3 Å². The average Bonchev–Trinajstić information content (AvgIpc) is 2.83. The van der Waals surface area contributed by atoms with Crippen LogP contribution < -0.4 is 10.6 Å². The zero-order valence-corrected chi connectivity index (χ0v) is 13.7. The van der Waals surface area contributed by atoms with Gasteiger partial charge in [0.1, 0.15) is 0 Å². The van der Waals surface area contributed by atoms with Crippen LogP contribution in [0, 0.1) is 5.92 Å². The van der Waals surface area contributed by atoms with Gasteiger partial charge in [-0.05, 0) is 49.3 Å². The third-order valence-electron chi connectivity index (χ3n) is 3.99. The Morgan fingerprint density at radius 2 is 2.00 bits per heavy atom. The first-order valence-corrected chi connectivity index (χ1v) is 8.00. The van der Waals surface area contributed by atoms with E-state index in [1.54, 1.807) is 16.7 Å². The Morgan fingerprint density at radius 3 is 2.50 bits per heavy atom. The van der Waals surface area contributed by atoms with Crippen LogP contribution in [0.5, 0.6) is 0 Å². The number of thioether (sulfide) groups is 1. The molecule has 0 unspecified atom stereocenters. The predicted octanol–water partition coefficient (Wildman–Crippen LogP) is 3.31. The van der Waals surface area contributed by atoms with E-state index in [1.165, 1.54) is 4.90 Å². The summed E-state index contributed by atoms with van der Waals surface area (Å²) in [6.07, 6.45) is 5.93. The normalized spacial score (nSPS) is 21.4. The second-order valence-corrected chi connectivity index (χ2v) is 6.09. The number of carbonyl (C=O) groups excluding carboxylic acids is 1. The van der Waals surface area contributed by atoms with Crippen molar-refractivity contribution in [3.05, 3.63) is 24.3 Å². The van der Waals surface area contributed by atoms with Gasteiger partial charge in [0.05, 0.1) is 0 Å². The van der Waals surface area contributed by atoms with Crippen molar-refractivity contribution in [3.8, 4) is 0 Å². The summed E-state index contributed by atoms with van der Waals surface area (Å²) in [4.78, 5) is 15.2. The van der Waals surface area contributed by atoms with Gasteiger partial charge in [-0.2, -0.15) is 0 Å². The van der Waals surface area contributed by atoms with Crippen molar-refractivity contribution in [1.82, 2.24) is 0 Å². The minimum Gasteiger partial charge on any atom is -0.327 e. The van der Waals surface area contributed by atoms with Crippen molar-refractivity contribution < 1.29 is 4.79 Å². The fourth-order valence-corrected chi connectivity index (χ4v) is 3.04. The van der Waals surface area contributed by atoms with Gasteiger partial charge in [0, 0.05) is 30.1 Å². The molecular weight excluding hydrogens is 292 g/mol. The van der Waals surface area contributed by atoms with Gasteiger partial charge in [0.15, 0.2) is 0 Å². The molecule has 20 heavy (non-hydrogen) atoms. The number of benzene rings is 1. The summed E-state index contributed by atoms with van der Waals surface area (Å²) in [5.41, 5.74) is 6.98. The molecule has 1 saturated carbocycles. The lowest BCUT2D eigenvalue weighted by Crippen LogP contribution is -2.32. The minimum absolute atomic E-state index is 0. The Hall–Kier alpha value is -0.710. The Kier molecular flexibility index (Phi) is 6.86. The molecule has 0 radical (unpaired) electrons. The van der Waals surface area contributed by atoms with E-state index < -0.39 is 0 Å². The van der Waals surface area contributed by atoms with Crippen LogP contribution in [0.3, 0.4) is 0 Å². The number of nitrogens with zero attached hydrogens (tertiary/aromatic N) is 1. The summed E-state index contributed by atoms with van der Waals surface area (Å²) in [6, 6.07) is 8.29.